The summed E-state index contributed by atoms with van der Waals surface area (Å²) in [6, 6.07) is 10.9. The summed E-state index contributed by atoms with van der Waals surface area (Å²) in [5.74, 6) is -0.814. The van der Waals surface area contributed by atoms with E-state index in [9.17, 15) is 18.0 Å². The van der Waals surface area contributed by atoms with Gasteiger partial charge in [-0.3, -0.25) is 4.79 Å². The second-order valence-corrected chi connectivity index (χ2v) is 11.3. The molecule has 1 aromatic carbocycles. The van der Waals surface area contributed by atoms with Gasteiger partial charge < -0.3 is 9.64 Å². The van der Waals surface area contributed by atoms with Crippen LogP contribution in [-0.2, 0) is 38.8 Å². The predicted octanol–water partition coefficient (Wildman–Crippen LogP) is 3.00. The Bertz CT molecular complexity index is 1010. The van der Waals surface area contributed by atoms with Gasteiger partial charge in [0.25, 0.3) is 5.91 Å². The highest BCUT2D eigenvalue weighted by Crippen LogP contribution is 2.30. The van der Waals surface area contributed by atoms with Gasteiger partial charge in [-0.1, -0.05) is 30.3 Å². The fraction of sp³-hybridized carbons (Fsp3) is 0.455. The van der Waals surface area contributed by atoms with Gasteiger partial charge in [-0.25, -0.2) is 13.2 Å². The molecule has 1 fully saturated rings. The van der Waals surface area contributed by atoms with E-state index in [1.807, 2.05) is 36.4 Å². The van der Waals surface area contributed by atoms with Crippen LogP contribution in [0, 0.1) is 0 Å². The molecule has 2 heterocycles. The van der Waals surface area contributed by atoms with E-state index < -0.39 is 21.8 Å². The van der Waals surface area contributed by atoms with Gasteiger partial charge in [-0.05, 0) is 49.3 Å². The monoisotopic (exact) mass is 447 g/mol. The minimum Gasteiger partial charge on any atom is -0.451 e. The number of carbonyl (C=O) groups excluding carboxylic acids is 2. The molecule has 0 saturated carbocycles. The van der Waals surface area contributed by atoms with Crippen molar-refractivity contribution >= 4 is 33.1 Å². The molecule has 1 saturated heterocycles. The summed E-state index contributed by atoms with van der Waals surface area (Å²) in [5, 5.41) is 0. The number of rotatable bonds is 6. The first-order valence-corrected chi connectivity index (χ1v) is 12.9. The summed E-state index contributed by atoms with van der Waals surface area (Å²) in [6.07, 6.45) is 4.66. The molecule has 1 aliphatic carbocycles. The Labute approximate surface area is 180 Å². The van der Waals surface area contributed by atoms with Crippen LogP contribution in [0.5, 0.6) is 0 Å². The molecule has 4 rings (SSSR count). The van der Waals surface area contributed by atoms with E-state index in [1.54, 1.807) is 4.90 Å². The standard InChI is InChI=1S/C22H25NO5S2/c24-21(14-28-22(25)20-12-17-8-4-5-9-19(17)29-20)23(13-16-6-2-1-3-7-16)18-10-11-30(26,27)15-18/h1-3,6-7,12,18H,4-5,8-11,13-15H2. The second-order valence-electron chi connectivity index (χ2n) is 7.91. The van der Waals surface area contributed by atoms with Crippen molar-refractivity contribution in [2.45, 2.75) is 44.7 Å². The molecule has 2 aromatic rings. The highest BCUT2D eigenvalue weighted by Gasteiger charge is 2.35. The minimum absolute atomic E-state index is 0.0445. The fourth-order valence-electron chi connectivity index (χ4n) is 4.09. The van der Waals surface area contributed by atoms with E-state index in [0.717, 1.165) is 31.2 Å². The van der Waals surface area contributed by atoms with Gasteiger partial charge in [0.15, 0.2) is 16.4 Å². The average Bonchev–Trinajstić information content (AvgIpc) is 3.33. The van der Waals surface area contributed by atoms with Gasteiger partial charge in [0.2, 0.25) is 0 Å². The van der Waals surface area contributed by atoms with Crippen LogP contribution < -0.4 is 0 Å². The third-order valence-corrected chi connectivity index (χ3v) is 8.66. The molecule has 30 heavy (non-hydrogen) atoms. The summed E-state index contributed by atoms with van der Waals surface area (Å²) < 4.78 is 29.2. The Morgan fingerprint density at radius 3 is 2.60 bits per heavy atom. The van der Waals surface area contributed by atoms with Crippen molar-refractivity contribution in [1.29, 1.82) is 0 Å². The predicted molar refractivity (Wildman–Crippen MR) is 115 cm³/mol. The number of esters is 1. The number of carbonyl (C=O) groups is 2. The maximum absolute atomic E-state index is 12.9. The Morgan fingerprint density at radius 2 is 1.90 bits per heavy atom. The van der Waals surface area contributed by atoms with Crippen LogP contribution in [0.25, 0.3) is 0 Å². The molecule has 160 valence electrons. The number of benzene rings is 1. The molecule has 0 spiro atoms. The summed E-state index contributed by atoms with van der Waals surface area (Å²) >= 11 is 1.45. The van der Waals surface area contributed by atoms with Crippen molar-refractivity contribution in [3.63, 3.8) is 0 Å². The van der Waals surface area contributed by atoms with Crippen LogP contribution in [0.1, 0.15) is 44.9 Å². The van der Waals surface area contributed by atoms with Gasteiger partial charge >= 0.3 is 5.97 Å². The first kappa shape index (κ1) is 21.1. The number of fused-ring (bicyclic) bond motifs is 1. The molecule has 8 heteroatoms. The molecule has 6 nitrogen and oxygen atoms in total. The van der Waals surface area contributed by atoms with Gasteiger partial charge in [0, 0.05) is 17.5 Å². The quantitative estimate of drug-likeness (QED) is 0.636. The minimum atomic E-state index is -3.14. The van der Waals surface area contributed by atoms with Crippen LogP contribution in [0.4, 0.5) is 0 Å². The summed E-state index contributed by atoms with van der Waals surface area (Å²) in [6.45, 7) is -0.0878. The number of nitrogens with zero attached hydrogens (tertiary/aromatic N) is 1. The van der Waals surface area contributed by atoms with Gasteiger partial charge in [0.05, 0.1) is 11.5 Å². The molecule has 1 atom stereocenters. The summed E-state index contributed by atoms with van der Waals surface area (Å²) in [7, 11) is -3.14. The lowest BCUT2D eigenvalue weighted by Gasteiger charge is -2.28. The number of sulfone groups is 1. The van der Waals surface area contributed by atoms with E-state index in [2.05, 4.69) is 0 Å². The van der Waals surface area contributed by atoms with Crippen LogP contribution in [0.3, 0.4) is 0 Å². The van der Waals surface area contributed by atoms with Crippen LogP contribution in [-0.4, -0.2) is 49.3 Å². The van der Waals surface area contributed by atoms with Crippen molar-refractivity contribution in [3.05, 3.63) is 57.3 Å². The Balaban J connectivity index is 1.43. The lowest BCUT2D eigenvalue weighted by molar-refractivity contribution is -0.137. The first-order valence-electron chi connectivity index (χ1n) is 10.2. The van der Waals surface area contributed by atoms with E-state index in [1.165, 1.54) is 21.8 Å². The van der Waals surface area contributed by atoms with Crippen LogP contribution in [0.2, 0.25) is 0 Å². The van der Waals surface area contributed by atoms with Crippen molar-refractivity contribution in [2.24, 2.45) is 0 Å². The highest BCUT2D eigenvalue weighted by atomic mass is 32.2. The van der Waals surface area contributed by atoms with E-state index >= 15 is 0 Å². The Hall–Kier alpha value is -2.19. The maximum Gasteiger partial charge on any atom is 0.348 e. The molecular formula is C22H25NO5S2. The molecule has 2 aliphatic rings. The van der Waals surface area contributed by atoms with E-state index in [4.69, 9.17) is 4.74 Å². The number of aryl methyl sites for hydroxylation is 2. The van der Waals surface area contributed by atoms with Gasteiger partial charge in [-0.2, -0.15) is 0 Å². The second kappa shape index (κ2) is 8.89. The smallest absolute Gasteiger partial charge is 0.348 e. The van der Waals surface area contributed by atoms with Gasteiger partial charge in [0.1, 0.15) is 4.88 Å². The van der Waals surface area contributed by atoms with Crippen molar-refractivity contribution in [1.82, 2.24) is 4.90 Å². The van der Waals surface area contributed by atoms with Crippen molar-refractivity contribution in [2.75, 3.05) is 18.1 Å². The van der Waals surface area contributed by atoms with Crippen LogP contribution in [0.15, 0.2) is 36.4 Å². The molecule has 1 unspecified atom stereocenters. The molecule has 1 amide bonds. The lowest BCUT2D eigenvalue weighted by atomic mass is 9.99. The zero-order chi connectivity index (χ0) is 21.1. The van der Waals surface area contributed by atoms with Crippen LogP contribution >= 0.6 is 11.3 Å². The highest BCUT2D eigenvalue weighted by molar-refractivity contribution is 7.91. The molecule has 0 N–H and O–H groups in total. The third kappa shape index (κ3) is 4.92. The zero-order valence-corrected chi connectivity index (χ0v) is 18.3. The molecule has 1 aliphatic heterocycles. The summed E-state index contributed by atoms with van der Waals surface area (Å²) in [4.78, 5) is 28.7. The van der Waals surface area contributed by atoms with Crippen molar-refractivity contribution in [3.8, 4) is 0 Å². The lowest BCUT2D eigenvalue weighted by Crippen LogP contribution is -2.42. The van der Waals surface area contributed by atoms with E-state index in [-0.39, 0.29) is 24.0 Å². The molecular weight excluding hydrogens is 422 g/mol. The first-order chi connectivity index (χ1) is 14.4. The topological polar surface area (TPSA) is 80.8 Å². The summed E-state index contributed by atoms with van der Waals surface area (Å²) in [5.41, 5.74) is 2.12. The molecule has 0 radical (unpaired) electrons. The molecule has 0 bridgehead atoms. The zero-order valence-electron chi connectivity index (χ0n) is 16.7. The number of amides is 1. The van der Waals surface area contributed by atoms with E-state index in [0.29, 0.717) is 17.8 Å². The van der Waals surface area contributed by atoms with Gasteiger partial charge in [-0.15, -0.1) is 11.3 Å². The number of ether oxygens (including phenoxy) is 1. The SMILES string of the molecule is O=C(OCC(=O)N(Cc1ccccc1)C1CCS(=O)(=O)C1)c1cc2c(s1)CCCC2. The molecule has 1 aromatic heterocycles. The number of hydrogen-bond donors (Lipinski definition) is 0. The third-order valence-electron chi connectivity index (χ3n) is 5.69. The maximum atomic E-state index is 12.9. The number of hydrogen-bond acceptors (Lipinski definition) is 6. The normalized spacial score (nSPS) is 19.8. The average molecular weight is 448 g/mol. The Kier molecular flexibility index (Phi) is 6.24. The Morgan fingerprint density at radius 1 is 1.13 bits per heavy atom. The fourth-order valence-corrected chi connectivity index (χ4v) is 6.97. The largest absolute Gasteiger partial charge is 0.451 e. The number of thiophene rings is 1. The van der Waals surface area contributed by atoms with Crippen molar-refractivity contribution < 1.29 is 22.7 Å².